The summed E-state index contributed by atoms with van der Waals surface area (Å²) in [7, 11) is 0. The molecule has 0 heterocycles. The van der Waals surface area contributed by atoms with Crippen LogP contribution in [0, 0.1) is 13.8 Å². The van der Waals surface area contributed by atoms with Crippen LogP contribution < -0.4 is 10.6 Å². The number of benzene rings is 3. The molecule has 0 fully saturated rings. The molecule has 164 valence electrons. The summed E-state index contributed by atoms with van der Waals surface area (Å²) < 4.78 is 0. The van der Waals surface area contributed by atoms with Crippen LogP contribution in [0.25, 0.3) is 0 Å². The summed E-state index contributed by atoms with van der Waals surface area (Å²) in [5, 5.41) is 5.36. The fourth-order valence-corrected chi connectivity index (χ4v) is 3.22. The topological polar surface area (TPSA) is 78.5 Å². The van der Waals surface area contributed by atoms with Crippen molar-refractivity contribution in [2.24, 2.45) is 0 Å². The molecular weight excluding hydrogens is 402 g/mol. The maximum absolute atomic E-state index is 13.1. The average Bonchev–Trinajstić information content (AvgIpc) is 2.78. The van der Waals surface area contributed by atoms with Gasteiger partial charge in [-0.25, -0.2) is 0 Å². The van der Waals surface area contributed by atoms with Gasteiger partial charge < -0.3 is 15.5 Å². The van der Waals surface area contributed by atoms with Crippen LogP contribution in [0.2, 0.25) is 0 Å². The van der Waals surface area contributed by atoms with Gasteiger partial charge in [0.2, 0.25) is 11.8 Å². The van der Waals surface area contributed by atoms with Crippen molar-refractivity contribution in [2.75, 3.05) is 18.4 Å². The van der Waals surface area contributed by atoms with Crippen molar-refractivity contribution >= 4 is 23.4 Å². The quantitative estimate of drug-likeness (QED) is 0.573. The number of nitrogens with one attached hydrogen (secondary N) is 2. The molecule has 0 atom stereocenters. The molecule has 3 amide bonds. The lowest BCUT2D eigenvalue weighted by molar-refractivity contribution is -0.124. The molecule has 0 aliphatic carbocycles. The van der Waals surface area contributed by atoms with E-state index in [1.807, 2.05) is 74.5 Å². The summed E-state index contributed by atoms with van der Waals surface area (Å²) in [6.45, 7) is 3.84. The monoisotopic (exact) mass is 429 g/mol. The Morgan fingerprint density at radius 2 is 1.50 bits per heavy atom. The van der Waals surface area contributed by atoms with Crippen LogP contribution in [0.3, 0.4) is 0 Å². The molecule has 2 N–H and O–H groups in total. The van der Waals surface area contributed by atoms with E-state index in [-0.39, 0.29) is 31.4 Å². The van der Waals surface area contributed by atoms with E-state index in [1.165, 1.54) is 4.90 Å². The molecule has 3 aromatic carbocycles. The van der Waals surface area contributed by atoms with Crippen molar-refractivity contribution in [1.29, 1.82) is 0 Å². The molecule has 3 aromatic rings. The van der Waals surface area contributed by atoms with Gasteiger partial charge in [-0.05, 0) is 49.2 Å². The Kier molecular flexibility index (Phi) is 7.75. The van der Waals surface area contributed by atoms with Crippen LogP contribution in [0.5, 0.6) is 0 Å². The van der Waals surface area contributed by atoms with Gasteiger partial charge in [-0.1, -0.05) is 60.2 Å². The number of aryl methyl sites for hydroxylation is 2. The second-order valence-corrected chi connectivity index (χ2v) is 7.71. The zero-order valence-corrected chi connectivity index (χ0v) is 18.3. The zero-order chi connectivity index (χ0) is 22.9. The molecule has 0 spiro atoms. The minimum atomic E-state index is -0.402. The van der Waals surface area contributed by atoms with E-state index in [0.717, 1.165) is 16.7 Å². The minimum Gasteiger partial charge on any atom is -0.345 e. The molecular formula is C26H27N3O3. The molecule has 0 saturated heterocycles. The Balaban J connectivity index is 1.62. The van der Waals surface area contributed by atoms with Crippen molar-refractivity contribution in [3.05, 3.63) is 101 Å². The van der Waals surface area contributed by atoms with Crippen LogP contribution in [0.4, 0.5) is 5.69 Å². The fraction of sp³-hybridized carbons (Fsp3) is 0.192. The summed E-state index contributed by atoms with van der Waals surface area (Å²) >= 11 is 0. The first-order valence-electron chi connectivity index (χ1n) is 10.4. The molecule has 0 aliphatic rings. The maximum atomic E-state index is 13.1. The Labute approximate surface area is 188 Å². The highest BCUT2D eigenvalue weighted by Gasteiger charge is 2.19. The van der Waals surface area contributed by atoms with Gasteiger partial charge in [-0.3, -0.25) is 14.4 Å². The van der Waals surface area contributed by atoms with Gasteiger partial charge in [-0.15, -0.1) is 0 Å². The number of carbonyl (C=O) groups is 3. The van der Waals surface area contributed by atoms with E-state index in [4.69, 9.17) is 0 Å². The second-order valence-electron chi connectivity index (χ2n) is 7.71. The van der Waals surface area contributed by atoms with E-state index in [1.54, 1.807) is 18.2 Å². The largest absolute Gasteiger partial charge is 0.345 e. The second kappa shape index (κ2) is 10.9. The molecule has 6 heteroatoms. The standard InChI is InChI=1S/C26H27N3O3/c1-19-11-13-22(14-12-19)26(32)29(17-21-8-4-3-5-9-21)18-25(31)27-16-24(30)28-23-10-6-7-20(2)15-23/h3-15H,16-18H2,1-2H3,(H,27,31)(H,28,30). The van der Waals surface area contributed by atoms with Gasteiger partial charge in [0.15, 0.2) is 0 Å². The molecule has 3 rings (SSSR count). The van der Waals surface area contributed by atoms with Crippen LogP contribution in [-0.4, -0.2) is 35.7 Å². The molecule has 0 saturated carbocycles. The Bertz CT molecular complexity index is 1080. The lowest BCUT2D eigenvalue weighted by Crippen LogP contribution is -2.42. The van der Waals surface area contributed by atoms with Crippen LogP contribution in [0.15, 0.2) is 78.9 Å². The van der Waals surface area contributed by atoms with Gasteiger partial charge in [-0.2, -0.15) is 0 Å². The van der Waals surface area contributed by atoms with E-state index in [0.29, 0.717) is 11.3 Å². The van der Waals surface area contributed by atoms with Gasteiger partial charge in [0.05, 0.1) is 6.54 Å². The van der Waals surface area contributed by atoms with Crippen LogP contribution in [0.1, 0.15) is 27.0 Å². The molecule has 6 nitrogen and oxygen atoms in total. The smallest absolute Gasteiger partial charge is 0.254 e. The highest BCUT2D eigenvalue weighted by molar-refractivity contribution is 5.98. The normalized spacial score (nSPS) is 10.3. The van der Waals surface area contributed by atoms with Gasteiger partial charge in [0, 0.05) is 17.8 Å². The Morgan fingerprint density at radius 1 is 0.781 bits per heavy atom. The molecule has 0 aliphatic heterocycles. The predicted octanol–water partition coefficient (Wildman–Crippen LogP) is 3.70. The van der Waals surface area contributed by atoms with E-state index < -0.39 is 5.91 Å². The Hall–Kier alpha value is -3.93. The third kappa shape index (κ3) is 6.80. The zero-order valence-electron chi connectivity index (χ0n) is 18.3. The lowest BCUT2D eigenvalue weighted by atomic mass is 10.1. The summed E-state index contributed by atoms with van der Waals surface area (Å²) in [4.78, 5) is 39.3. The number of nitrogens with zero attached hydrogens (tertiary/aromatic N) is 1. The summed E-state index contributed by atoms with van der Waals surface area (Å²) in [5.41, 5.74) is 4.17. The van der Waals surface area contributed by atoms with Crippen molar-refractivity contribution in [3.63, 3.8) is 0 Å². The first kappa shape index (κ1) is 22.7. The third-order valence-electron chi connectivity index (χ3n) is 4.88. The molecule has 0 bridgehead atoms. The molecule has 0 unspecified atom stereocenters. The minimum absolute atomic E-state index is 0.153. The fourth-order valence-electron chi connectivity index (χ4n) is 3.22. The molecule has 0 radical (unpaired) electrons. The van der Waals surface area contributed by atoms with Gasteiger partial charge in [0.25, 0.3) is 5.91 Å². The lowest BCUT2D eigenvalue weighted by Gasteiger charge is -2.22. The predicted molar refractivity (Wildman–Crippen MR) is 125 cm³/mol. The highest BCUT2D eigenvalue weighted by atomic mass is 16.2. The van der Waals surface area contributed by atoms with E-state index >= 15 is 0 Å². The van der Waals surface area contributed by atoms with Crippen molar-refractivity contribution < 1.29 is 14.4 Å². The van der Waals surface area contributed by atoms with E-state index in [2.05, 4.69) is 10.6 Å². The van der Waals surface area contributed by atoms with Crippen molar-refractivity contribution in [3.8, 4) is 0 Å². The van der Waals surface area contributed by atoms with Gasteiger partial charge >= 0.3 is 0 Å². The summed E-state index contributed by atoms with van der Waals surface area (Å²) in [6, 6.07) is 24.1. The van der Waals surface area contributed by atoms with Crippen LogP contribution >= 0.6 is 0 Å². The molecule has 32 heavy (non-hydrogen) atoms. The SMILES string of the molecule is Cc1ccc(C(=O)N(CC(=O)NCC(=O)Nc2cccc(C)c2)Cc2ccccc2)cc1. The van der Waals surface area contributed by atoms with Crippen LogP contribution in [-0.2, 0) is 16.1 Å². The highest BCUT2D eigenvalue weighted by Crippen LogP contribution is 2.12. The number of carbonyl (C=O) groups excluding carboxylic acids is 3. The van der Waals surface area contributed by atoms with Gasteiger partial charge in [0.1, 0.15) is 6.54 Å². The maximum Gasteiger partial charge on any atom is 0.254 e. The number of anilines is 1. The number of amides is 3. The van der Waals surface area contributed by atoms with Crippen molar-refractivity contribution in [2.45, 2.75) is 20.4 Å². The number of hydrogen-bond acceptors (Lipinski definition) is 3. The first-order valence-corrected chi connectivity index (χ1v) is 10.4. The summed E-state index contributed by atoms with van der Waals surface area (Å²) in [6.07, 6.45) is 0. The molecule has 0 aromatic heterocycles. The third-order valence-corrected chi connectivity index (χ3v) is 4.88. The summed E-state index contributed by atoms with van der Waals surface area (Å²) in [5.74, 6) is -0.975. The van der Waals surface area contributed by atoms with E-state index in [9.17, 15) is 14.4 Å². The van der Waals surface area contributed by atoms with Crippen molar-refractivity contribution in [1.82, 2.24) is 10.2 Å². The Morgan fingerprint density at radius 3 is 2.19 bits per heavy atom. The number of rotatable bonds is 8. The number of hydrogen-bond donors (Lipinski definition) is 2. The average molecular weight is 430 g/mol. The first-order chi connectivity index (χ1) is 15.4.